The van der Waals surface area contributed by atoms with Gasteiger partial charge in [0, 0.05) is 31.6 Å². The van der Waals surface area contributed by atoms with E-state index < -0.39 is 32.6 Å². The Bertz CT molecular complexity index is 2560. The van der Waals surface area contributed by atoms with E-state index in [-0.39, 0.29) is 48.7 Å². The average molecular weight is 1080 g/mol. The third-order valence-electron chi connectivity index (χ3n) is 14.6. The highest BCUT2D eigenvalue weighted by Gasteiger charge is 2.45. The third kappa shape index (κ3) is 17.1. The minimum absolute atomic E-state index is 0.0616. The summed E-state index contributed by atoms with van der Waals surface area (Å²) in [7, 11) is 1.61. The summed E-state index contributed by atoms with van der Waals surface area (Å²) in [5.41, 5.74) is 1.65. The van der Waals surface area contributed by atoms with Crippen LogP contribution in [0.5, 0.6) is 11.5 Å². The second kappa shape index (κ2) is 30.2. The minimum atomic E-state index is -1.69. The number of ether oxygens (including phenoxy) is 4. The van der Waals surface area contributed by atoms with E-state index in [1.165, 1.54) is 38.5 Å². The number of hydrogen-bond acceptors (Lipinski definition) is 12. The van der Waals surface area contributed by atoms with Gasteiger partial charge in [-0.3, -0.25) is 14.3 Å². The molecular weight excluding hydrogens is 988 g/mol. The van der Waals surface area contributed by atoms with Gasteiger partial charge in [0.25, 0.3) is 14.1 Å². The zero-order valence-electron chi connectivity index (χ0n) is 48.2. The van der Waals surface area contributed by atoms with Crippen molar-refractivity contribution in [1.29, 1.82) is 5.26 Å². The van der Waals surface area contributed by atoms with Crippen LogP contribution >= 0.6 is 8.53 Å². The number of fused-ring (bicyclic) bond motifs is 1. The van der Waals surface area contributed by atoms with Crippen LogP contribution in [0.1, 0.15) is 156 Å². The Balaban J connectivity index is 1.37. The second-order valence-electron chi connectivity index (χ2n) is 22.3. The minimum Gasteiger partial charge on any atom is -0.497 e. The van der Waals surface area contributed by atoms with Gasteiger partial charge >= 0.3 is 0 Å². The maximum absolute atomic E-state index is 13.9. The zero-order valence-corrected chi connectivity index (χ0v) is 49.1. The molecule has 1 saturated heterocycles. The molecule has 15 nitrogen and oxygen atoms in total. The van der Waals surface area contributed by atoms with Crippen molar-refractivity contribution in [2.24, 2.45) is 28.7 Å². The maximum Gasteiger partial charge on any atom is 0.280 e. The molecule has 3 heterocycles. The van der Waals surface area contributed by atoms with Gasteiger partial charge in [0.2, 0.25) is 5.95 Å². The molecule has 1 fully saturated rings. The first-order chi connectivity index (χ1) is 37.1. The van der Waals surface area contributed by atoms with Gasteiger partial charge in [-0.2, -0.15) is 10.2 Å². The average Bonchev–Trinajstić information content (AvgIpc) is 4.05. The third-order valence-corrected chi connectivity index (χ3v) is 16.7. The number of nitrogens with zero attached hydrogens (tertiary/aromatic N) is 7. The Labute approximate surface area is 461 Å². The first-order valence-electron chi connectivity index (χ1n) is 28.2. The summed E-state index contributed by atoms with van der Waals surface area (Å²) in [6.07, 6.45) is 11.6. The van der Waals surface area contributed by atoms with Gasteiger partial charge in [0.15, 0.2) is 11.2 Å². The van der Waals surface area contributed by atoms with Crippen LogP contribution in [0.3, 0.4) is 0 Å². The standard InChI is InChI=1S/C61H89N8O7P/c1-43(2)19-16-21-47(9)33-36-67(37-34-48(10)22-17-20-44(3)4)41-64-60-65-58-57(59(70)66-60)63-42-68(58)56-39-54(76-77(74-38-18-35-62)69(45(5)6)46(7)8)55(75-56)40-73-61(49-23-14-13-15-24-49,50-25-29-52(71-11)30-26-50)51-27-31-53(72-12)32-28-51/h13-15,23-32,41-48,54-56H,16-22,33-34,36-40H2,1-12H3,(H,65,66,70). The quantitative estimate of drug-likeness (QED) is 0.0139. The highest BCUT2D eigenvalue weighted by molar-refractivity contribution is 7.44. The molecule has 0 bridgehead atoms. The number of aromatic nitrogens is 4. The number of nitriles is 1. The van der Waals surface area contributed by atoms with Gasteiger partial charge in [-0.05, 0) is 105 Å². The molecule has 0 radical (unpaired) electrons. The van der Waals surface area contributed by atoms with Crippen molar-refractivity contribution in [3.63, 3.8) is 0 Å². The lowest BCUT2D eigenvalue weighted by atomic mass is 9.80. The van der Waals surface area contributed by atoms with Gasteiger partial charge in [-0.1, -0.05) is 135 Å². The van der Waals surface area contributed by atoms with Crippen LogP contribution in [0.25, 0.3) is 11.2 Å². The number of benzene rings is 3. The van der Waals surface area contributed by atoms with Crippen LogP contribution in [-0.4, -0.2) is 100 Å². The SMILES string of the molecule is COc1ccc(C(OCC2OC(n3cnc4c(=O)[nH]c(N=CN(CCC(C)CCCC(C)C)CCC(C)CCCC(C)C)nc43)CC2OP(OCCC#N)N(C(C)C)C(C)C)(c2ccccc2)c2ccc(OC)cc2)cc1. The number of H-pyrrole nitrogens is 1. The topological polar surface area (TPSA) is 162 Å². The first-order valence-corrected chi connectivity index (χ1v) is 29.3. The summed E-state index contributed by atoms with van der Waals surface area (Å²) in [6.45, 7) is 24.3. The number of aliphatic imine (C=N–C) groups is 1. The molecule has 0 amide bonds. The van der Waals surface area contributed by atoms with Gasteiger partial charge in [0.05, 0.1) is 58.7 Å². The van der Waals surface area contributed by atoms with Crippen molar-refractivity contribution >= 4 is 32.0 Å². The maximum atomic E-state index is 13.9. The molecule has 6 unspecified atom stereocenters. The van der Waals surface area contributed by atoms with Gasteiger partial charge in [-0.25, -0.2) is 14.6 Å². The van der Waals surface area contributed by atoms with E-state index in [0.717, 1.165) is 42.6 Å². The number of hydrogen-bond donors (Lipinski definition) is 1. The molecular formula is C61H89N8O7P. The lowest BCUT2D eigenvalue weighted by Crippen LogP contribution is -2.39. The Morgan fingerprint density at radius 2 is 1.36 bits per heavy atom. The number of methoxy groups -OCH3 is 2. The van der Waals surface area contributed by atoms with E-state index in [9.17, 15) is 10.1 Å². The number of imidazole rings is 1. The van der Waals surface area contributed by atoms with E-state index >= 15 is 0 Å². The van der Waals surface area contributed by atoms with Crippen molar-refractivity contribution in [1.82, 2.24) is 29.1 Å². The molecule has 420 valence electrons. The Kier molecular flexibility index (Phi) is 24.0. The van der Waals surface area contributed by atoms with Crippen molar-refractivity contribution < 1.29 is 28.0 Å². The van der Waals surface area contributed by atoms with Crippen LogP contribution in [0.2, 0.25) is 0 Å². The van der Waals surface area contributed by atoms with Crippen LogP contribution in [-0.2, 0) is 24.1 Å². The number of aromatic amines is 1. The normalized spacial score (nSPS) is 17.3. The van der Waals surface area contributed by atoms with E-state index in [1.54, 1.807) is 20.5 Å². The molecule has 1 aliphatic heterocycles. The van der Waals surface area contributed by atoms with Crippen molar-refractivity contribution in [2.45, 2.75) is 170 Å². The lowest BCUT2D eigenvalue weighted by Gasteiger charge is -2.39. The highest BCUT2D eigenvalue weighted by atomic mass is 31.2. The molecule has 0 saturated carbocycles. The molecule has 16 heteroatoms. The van der Waals surface area contributed by atoms with Crippen LogP contribution in [0, 0.1) is 35.0 Å². The van der Waals surface area contributed by atoms with E-state index in [2.05, 4.69) is 107 Å². The van der Waals surface area contributed by atoms with Gasteiger partial charge < -0.3 is 32.9 Å². The summed E-state index contributed by atoms with van der Waals surface area (Å²) in [5, 5.41) is 9.57. The second-order valence-corrected chi connectivity index (χ2v) is 23.7. The lowest BCUT2D eigenvalue weighted by molar-refractivity contribution is -0.0912. The van der Waals surface area contributed by atoms with Crippen LogP contribution in [0.15, 0.2) is 95.0 Å². The summed E-state index contributed by atoms with van der Waals surface area (Å²) in [4.78, 5) is 33.5. The predicted molar refractivity (Wildman–Crippen MR) is 310 cm³/mol. The van der Waals surface area contributed by atoms with Crippen LogP contribution < -0.4 is 15.0 Å². The fraction of sp³-hybridized carbons (Fsp3) is 0.590. The monoisotopic (exact) mass is 1080 g/mol. The summed E-state index contributed by atoms with van der Waals surface area (Å²) >= 11 is 0. The first kappa shape index (κ1) is 61.0. The molecule has 0 spiro atoms. The van der Waals surface area contributed by atoms with E-state index in [4.69, 9.17) is 38.0 Å². The molecule has 1 N–H and O–H groups in total. The molecule has 77 heavy (non-hydrogen) atoms. The van der Waals surface area contributed by atoms with Crippen molar-refractivity contribution in [3.8, 4) is 17.6 Å². The van der Waals surface area contributed by atoms with Crippen molar-refractivity contribution in [3.05, 3.63) is 112 Å². The summed E-state index contributed by atoms with van der Waals surface area (Å²) < 4.78 is 43.5. The molecule has 6 atom stereocenters. The fourth-order valence-electron chi connectivity index (χ4n) is 10.2. The zero-order chi connectivity index (χ0) is 55.5. The smallest absolute Gasteiger partial charge is 0.280 e. The van der Waals surface area contributed by atoms with E-state index in [0.29, 0.717) is 47.2 Å². The highest BCUT2D eigenvalue weighted by Crippen LogP contribution is 2.51. The Hall–Kier alpha value is -5.20. The molecule has 0 aliphatic carbocycles. The van der Waals surface area contributed by atoms with Gasteiger partial charge in [-0.15, -0.1) is 0 Å². The molecule has 1 aliphatic rings. The molecule has 5 aromatic rings. The number of nitrogens with one attached hydrogen (secondary N) is 1. The Morgan fingerprint density at radius 1 is 0.805 bits per heavy atom. The largest absolute Gasteiger partial charge is 0.497 e. The molecule has 2 aromatic heterocycles. The summed E-state index contributed by atoms with van der Waals surface area (Å²) in [5.74, 6) is 4.21. The number of rotatable bonds is 33. The van der Waals surface area contributed by atoms with E-state index in [1.807, 2.05) is 77.6 Å². The Morgan fingerprint density at radius 3 is 1.88 bits per heavy atom. The van der Waals surface area contributed by atoms with Crippen LogP contribution in [0.4, 0.5) is 5.95 Å². The predicted octanol–water partition coefficient (Wildman–Crippen LogP) is 13.8. The van der Waals surface area contributed by atoms with Crippen molar-refractivity contribution in [2.75, 3.05) is 40.5 Å². The fourth-order valence-corrected chi connectivity index (χ4v) is 11.9. The van der Waals surface area contributed by atoms with Gasteiger partial charge in [0.1, 0.15) is 29.4 Å². The summed E-state index contributed by atoms with van der Waals surface area (Å²) in [6, 6.07) is 28.3. The molecule has 3 aromatic carbocycles. The molecule has 6 rings (SSSR count).